The molecule has 3 rings (SSSR count). The van der Waals surface area contributed by atoms with E-state index < -0.39 is 0 Å². The summed E-state index contributed by atoms with van der Waals surface area (Å²) in [7, 11) is 1.68. The van der Waals surface area contributed by atoms with Crippen LogP contribution in [0.4, 0.5) is 0 Å². The van der Waals surface area contributed by atoms with Gasteiger partial charge in [-0.1, -0.05) is 56.9 Å². The van der Waals surface area contributed by atoms with Crippen molar-refractivity contribution in [1.29, 1.82) is 0 Å². The molecule has 0 bridgehead atoms. The zero-order valence-corrected chi connectivity index (χ0v) is 16.3. The molecule has 0 unspecified atom stereocenters. The second-order valence-corrected chi connectivity index (χ2v) is 6.88. The average Bonchev–Trinajstić information content (AvgIpc) is 2.74. The number of pyridine rings is 2. The van der Waals surface area contributed by atoms with Crippen LogP contribution in [0.25, 0.3) is 22.5 Å². The van der Waals surface area contributed by atoms with Crippen LogP contribution < -0.4 is 4.74 Å². The SMILES string of the molecule is CCCCCCCc1ccc(-c2ccc(-c3ccc(OC)cc3)cn2)nc1. The molecule has 2 heterocycles. The Kier molecular flexibility index (Phi) is 6.97. The lowest BCUT2D eigenvalue weighted by Gasteiger charge is -2.06. The molecule has 0 aliphatic carbocycles. The van der Waals surface area contributed by atoms with Crippen LogP contribution in [-0.2, 0) is 6.42 Å². The summed E-state index contributed by atoms with van der Waals surface area (Å²) in [4.78, 5) is 9.21. The molecule has 0 atom stereocenters. The van der Waals surface area contributed by atoms with Crippen LogP contribution in [0.2, 0.25) is 0 Å². The van der Waals surface area contributed by atoms with Crippen molar-refractivity contribution in [2.75, 3.05) is 7.11 Å². The summed E-state index contributed by atoms with van der Waals surface area (Å²) in [5.74, 6) is 0.859. The lowest BCUT2D eigenvalue weighted by molar-refractivity contribution is 0.415. The summed E-state index contributed by atoms with van der Waals surface area (Å²) in [6.45, 7) is 2.25. The first-order chi connectivity index (χ1) is 13.3. The Balaban J connectivity index is 1.61. The van der Waals surface area contributed by atoms with Crippen LogP contribution in [0, 0.1) is 0 Å². The molecule has 0 fully saturated rings. The molecule has 3 heteroatoms. The minimum Gasteiger partial charge on any atom is -0.497 e. The molecular formula is C24H28N2O. The molecule has 0 spiro atoms. The third-order valence-electron chi connectivity index (χ3n) is 4.84. The number of hydrogen-bond acceptors (Lipinski definition) is 3. The maximum absolute atomic E-state index is 5.21. The summed E-state index contributed by atoms with van der Waals surface area (Å²) in [6, 6.07) is 16.4. The van der Waals surface area contributed by atoms with Gasteiger partial charge in [-0.3, -0.25) is 9.97 Å². The highest BCUT2D eigenvalue weighted by Crippen LogP contribution is 2.24. The van der Waals surface area contributed by atoms with Crippen molar-refractivity contribution in [2.24, 2.45) is 0 Å². The molecule has 0 aliphatic rings. The van der Waals surface area contributed by atoms with Crippen molar-refractivity contribution >= 4 is 0 Å². The summed E-state index contributed by atoms with van der Waals surface area (Å²) in [5, 5.41) is 0. The molecular weight excluding hydrogens is 332 g/mol. The predicted molar refractivity (Wildman–Crippen MR) is 112 cm³/mol. The standard InChI is InChI=1S/C24H28N2O/c1-3-4-5-6-7-8-19-9-15-23(25-17-19)24-16-12-21(18-26-24)20-10-13-22(27-2)14-11-20/h9-18H,3-8H2,1-2H3. The maximum atomic E-state index is 5.21. The Morgan fingerprint density at radius 3 is 1.96 bits per heavy atom. The Morgan fingerprint density at radius 2 is 1.37 bits per heavy atom. The van der Waals surface area contributed by atoms with Crippen molar-refractivity contribution in [2.45, 2.75) is 45.4 Å². The van der Waals surface area contributed by atoms with Crippen molar-refractivity contribution in [1.82, 2.24) is 9.97 Å². The van der Waals surface area contributed by atoms with Crippen LogP contribution in [0.15, 0.2) is 60.9 Å². The van der Waals surface area contributed by atoms with E-state index in [0.29, 0.717) is 0 Å². The van der Waals surface area contributed by atoms with E-state index in [4.69, 9.17) is 4.74 Å². The van der Waals surface area contributed by atoms with Gasteiger partial charge in [-0.2, -0.15) is 0 Å². The van der Waals surface area contributed by atoms with Gasteiger partial charge in [0, 0.05) is 18.0 Å². The van der Waals surface area contributed by atoms with Gasteiger partial charge < -0.3 is 4.74 Å². The fourth-order valence-corrected chi connectivity index (χ4v) is 3.16. The minimum absolute atomic E-state index is 0.859. The summed E-state index contributed by atoms with van der Waals surface area (Å²) < 4.78 is 5.21. The molecule has 3 aromatic rings. The summed E-state index contributed by atoms with van der Waals surface area (Å²) in [6.07, 6.45) is 11.5. The van der Waals surface area contributed by atoms with E-state index in [1.165, 1.54) is 37.7 Å². The average molecular weight is 361 g/mol. The Morgan fingerprint density at radius 1 is 0.704 bits per heavy atom. The molecule has 1 aromatic carbocycles. The molecule has 2 aromatic heterocycles. The second kappa shape index (κ2) is 9.86. The number of unbranched alkanes of at least 4 members (excludes halogenated alkanes) is 4. The maximum Gasteiger partial charge on any atom is 0.118 e. The minimum atomic E-state index is 0.859. The van der Waals surface area contributed by atoms with Gasteiger partial charge in [-0.15, -0.1) is 0 Å². The van der Waals surface area contributed by atoms with Gasteiger partial charge >= 0.3 is 0 Å². The molecule has 0 aliphatic heterocycles. The fourth-order valence-electron chi connectivity index (χ4n) is 3.16. The number of methoxy groups -OCH3 is 1. The van der Waals surface area contributed by atoms with Crippen LogP contribution >= 0.6 is 0 Å². The van der Waals surface area contributed by atoms with Crippen molar-refractivity contribution in [3.63, 3.8) is 0 Å². The molecule has 0 radical (unpaired) electrons. The van der Waals surface area contributed by atoms with Crippen LogP contribution in [0.3, 0.4) is 0 Å². The number of nitrogens with zero attached hydrogens (tertiary/aromatic N) is 2. The first kappa shape index (κ1) is 19.1. The molecule has 0 N–H and O–H groups in total. The van der Waals surface area contributed by atoms with Gasteiger partial charge in [-0.05, 0) is 48.2 Å². The zero-order chi connectivity index (χ0) is 18.9. The topological polar surface area (TPSA) is 35.0 Å². The normalized spacial score (nSPS) is 10.7. The van der Waals surface area contributed by atoms with E-state index in [-0.39, 0.29) is 0 Å². The first-order valence-electron chi connectivity index (χ1n) is 9.86. The highest BCUT2D eigenvalue weighted by Gasteiger charge is 2.04. The first-order valence-corrected chi connectivity index (χ1v) is 9.86. The van der Waals surface area contributed by atoms with Gasteiger partial charge in [0.2, 0.25) is 0 Å². The highest BCUT2D eigenvalue weighted by atomic mass is 16.5. The van der Waals surface area contributed by atoms with Crippen molar-refractivity contribution < 1.29 is 4.74 Å². The van der Waals surface area contributed by atoms with Crippen LogP contribution in [0.1, 0.15) is 44.6 Å². The number of hydrogen-bond donors (Lipinski definition) is 0. The Labute approximate surface area is 162 Å². The van der Waals surface area contributed by atoms with Gasteiger partial charge in [0.1, 0.15) is 5.75 Å². The van der Waals surface area contributed by atoms with E-state index in [9.17, 15) is 0 Å². The largest absolute Gasteiger partial charge is 0.497 e. The molecule has 0 saturated carbocycles. The number of benzene rings is 1. The lowest BCUT2D eigenvalue weighted by Crippen LogP contribution is -1.91. The quantitative estimate of drug-likeness (QED) is 0.418. The van der Waals surface area contributed by atoms with E-state index in [0.717, 1.165) is 34.7 Å². The molecule has 0 amide bonds. The zero-order valence-electron chi connectivity index (χ0n) is 16.3. The van der Waals surface area contributed by atoms with Gasteiger partial charge in [0.15, 0.2) is 0 Å². The van der Waals surface area contributed by atoms with E-state index >= 15 is 0 Å². The summed E-state index contributed by atoms with van der Waals surface area (Å²) in [5.41, 5.74) is 5.35. The number of ether oxygens (including phenoxy) is 1. The van der Waals surface area contributed by atoms with E-state index in [1.807, 2.05) is 42.7 Å². The number of rotatable bonds is 9. The second-order valence-electron chi connectivity index (χ2n) is 6.88. The van der Waals surface area contributed by atoms with E-state index in [1.54, 1.807) is 7.11 Å². The van der Waals surface area contributed by atoms with Gasteiger partial charge in [-0.25, -0.2) is 0 Å². The Hall–Kier alpha value is -2.68. The third kappa shape index (κ3) is 5.40. The molecule has 0 saturated heterocycles. The smallest absolute Gasteiger partial charge is 0.118 e. The number of aryl methyl sites for hydroxylation is 1. The van der Waals surface area contributed by atoms with Crippen LogP contribution in [-0.4, -0.2) is 17.1 Å². The number of aromatic nitrogens is 2. The molecule has 3 nitrogen and oxygen atoms in total. The van der Waals surface area contributed by atoms with Crippen molar-refractivity contribution in [3.05, 3.63) is 66.5 Å². The van der Waals surface area contributed by atoms with Gasteiger partial charge in [0.05, 0.1) is 18.5 Å². The molecule has 140 valence electrons. The highest BCUT2D eigenvalue weighted by molar-refractivity contribution is 5.66. The lowest BCUT2D eigenvalue weighted by atomic mass is 10.1. The van der Waals surface area contributed by atoms with Crippen LogP contribution in [0.5, 0.6) is 5.75 Å². The van der Waals surface area contributed by atoms with E-state index in [2.05, 4.69) is 35.1 Å². The fraction of sp³-hybridized carbons (Fsp3) is 0.333. The monoisotopic (exact) mass is 360 g/mol. The summed E-state index contributed by atoms with van der Waals surface area (Å²) >= 11 is 0. The third-order valence-corrected chi connectivity index (χ3v) is 4.84. The molecule has 27 heavy (non-hydrogen) atoms. The van der Waals surface area contributed by atoms with Gasteiger partial charge in [0.25, 0.3) is 0 Å². The predicted octanol–water partition coefficient (Wildman–Crippen LogP) is 6.33. The van der Waals surface area contributed by atoms with Crippen molar-refractivity contribution in [3.8, 4) is 28.3 Å². The Bertz CT molecular complexity index is 809.